The second-order valence-electron chi connectivity index (χ2n) is 5.10. The minimum Gasteiger partial charge on any atom is -0.379 e. The summed E-state index contributed by atoms with van der Waals surface area (Å²) in [6.45, 7) is 5.97. The van der Waals surface area contributed by atoms with E-state index in [2.05, 4.69) is 21.0 Å². The van der Waals surface area contributed by atoms with Crippen molar-refractivity contribution < 1.29 is 5.11 Å². The molecule has 1 unspecified atom stereocenters. The topological polar surface area (TPSA) is 38.1 Å². The first-order chi connectivity index (χ1) is 9.40. The SMILES string of the molecule is CCC(O)(c1cccc(Br)c1)c1c(Cl)cnn1C(C)C. The normalized spacial score (nSPS) is 14.6. The Morgan fingerprint density at radius 1 is 1.45 bits per heavy atom. The average Bonchev–Trinajstić information content (AvgIpc) is 2.80. The monoisotopic (exact) mass is 356 g/mol. The van der Waals surface area contributed by atoms with Gasteiger partial charge in [-0.15, -0.1) is 0 Å². The van der Waals surface area contributed by atoms with Gasteiger partial charge in [0.1, 0.15) is 5.60 Å². The highest BCUT2D eigenvalue weighted by molar-refractivity contribution is 9.10. The van der Waals surface area contributed by atoms with Crippen LogP contribution in [0.3, 0.4) is 0 Å². The molecule has 0 aliphatic heterocycles. The molecule has 1 heterocycles. The molecule has 2 rings (SSSR count). The molecule has 0 bridgehead atoms. The molecule has 0 amide bonds. The van der Waals surface area contributed by atoms with E-state index in [1.54, 1.807) is 10.9 Å². The van der Waals surface area contributed by atoms with Crippen molar-refractivity contribution in [3.05, 3.63) is 51.2 Å². The molecule has 1 N–H and O–H groups in total. The fourth-order valence-electron chi connectivity index (χ4n) is 2.37. The van der Waals surface area contributed by atoms with Crippen molar-refractivity contribution >= 4 is 27.5 Å². The van der Waals surface area contributed by atoms with Crippen molar-refractivity contribution in [1.29, 1.82) is 0 Å². The number of benzene rings is 1. The van der Waals surface area contributed by atoms with Gasteiger partial charge < -0.3 is 5.11 Å². The standard InChI is InChI=1S/C15H18BrClN2O/c1-4-15(20,11-6-5-7-12(16)8-11)14-13(17)9-18-19(14)10(2)3/h5-10,20H,4H2,1-3H3. The second-order valence-corrected chi connectivity index (χ2v) is 6.43. The van der Waals surface area contributed by atoms with E-state index in [9.17, 15) is 5.11 Å². The third-order valence-electron chi connectivity index (χ3n) is 3.45. The summed E-state index contributed by atoms with van der Waals surface area (Å²) in [6, 6.07) is 7.78. The first kappa shape index (κ1) is 15.5. The molecule has 0 saturated heterocycles. The Labute approximate surface area is 132 Å². The summed E-state index contributed by atoms with van der Waals surface area (Å²) < 4.78 is 2.71. The van der Waals surface area contributed by atoms with Crippen LogP contribution in [0.15, 0.2) is 34.9 Å². The van der Waals surface area contributed by atoms with Gasteiger partial charge in [0, 0.05) is 10.5 Å². The lowest BCUT2D eigenvalue weighted by Gasteiger charge is -2.30. The van der Waals surface area contributed by atoms with Crippen LogP contribution in [-0.2, 0) is 5.60 Å². The minimum absolute atomic E-state index is 0.128. The second kappa shape index (κ2) is 5.88. The molecule has 1 atom stereocenters. The van der Waals surface area contributed by atoms with Crippen molar-refractivity contribution in [2.24, 2.45) is 0 Å². The molecule has 0 radical (unpaired) electrons. The summed E-state index contributed by atoms with van der Waals surface area (Å²) in [4.78, 5) is 0. The van der Waals surface area contributed by atoms with Gasteiger partial charge in [-0.05, 0) is 38.0 Å². The highest BCUT2D eigenvalue weighted by Gasteiger charge is 2.36. The van der Waals surface area contributed by atoms with Crippen molar-refractivity contribution in [1.82, 2.24) is 9.78 Å². The zero-order chi connectivity index (χ0) is 14.9. The van der Waals surface area contributed by atoms with Gasteiger partial charge in [0.25, 0.3) is 0 Å². The molecule has 108 valence electrons. The summed E-state index contributed by atoms with van der Waals surface area (Å²) in [7, 11) is 0. The summed E-state index contributed by atoms with van der Waals surface area (Å²) in [5.41, 5.74) is 0.301. The number of hydrogen-bond donors (Lipinski definition) is 1. The number of nitrogens with zero attached hydrogens (tertiary/aromatic N) is 2. The van der Waals surface area contributed by atoms with Crippen LogP contribution in [0.4, 0.5) is 0 Å². The predicted octanol–water partition coefficient (Wildman–Crippen LogP) is 4.53. The number of hydrogen-bond acceptors (Lipinski definition) is 2. The largest absolute Gasteiger partial charge is 0.379 e. The molecule has 1 aromatic heterocycles. The molecular weight excluding hydrogens is 340 g/mol. The van der Waals surface area contributed by atoms with E-state index < -0.39 is 5.60 Å². The first-order valence-electron chi connectivity index (χ1n) is 6.62. The highest BCUT2D eigenvalue weighted by Crippen LogP contribution is 2.38. The third-order valence-corrected chi connectivity index (χ3v) is 4.22. The highest BCUT2D eigenvalue weighted by atomic mass is 79.9. The Bertz CT molecular complexity index is 612. The molecule has 5 heteroatoms. The Morgan fingerprint density at radius 3 is 2.70 bits per heavy atom. The van der Waals surface area contributed by atoms with Gasteiger partial charge in [-0.3, -0.25) is 4.68 Å². The Kier molecular flexibility index (Phi) is 4.57. The van der Waals surface area contributed by atoms with E-state index in [0.717, 1.165) is 10.0 Å². The summed E-state index contributed by atoms with van der Waals surface area (Å²) in [5, 5.41) is 16.0. The van der Waals surface area contributed by atoms with E-state index >= 15 is 0 Å². The summed E-state index contributed by atoms with van der Waals surface area (Å²) in [6.07, 6.45) is 2.11. The van der Waals surface area contributed by atoms with Crippen molar-refractivity contribution in [2.75, 3.05) is 0 Å². The molecule has 0 saturated carbocycles. The summed E-state index contributed by atoms with van der Waals surface area (Å²) >= 11 is 9.73. The van der Waals surface area contributed by atoms with E-state index in [1.165, 1.54) is 0 Å². The molecule has 2 aromatic rings. The van der Waals surface area contributed by atoms with E-state index in [4.69, 9.17) is 11.6 Å². The van der Waals surface area contributed by atoms with Crippen molar-refractivity contribution in [3.63, 3.8) is 0 Å². The molecule has 0 fully saturated rings. The molecular formula is C15H18BrClN2O. The van der Waals surface area contributed by atoms with Gasteiger partial charge in [0.05, 0.1) is 16.9 Å². The molecule has 0 spiro atoms. The lowest BCUT2D eigenvalue weighted by atomic mass is 9.87. The lowest BCUT2D eigenvalue weighted by molar-refractivity contribution is 0.0652. The van der Waals surface area contributed by atoms with E-state index in [0.29, 0.717) is 17.1 Å². The van der Waals surface area contributed by atoms with Gasteiger partial charge in [-0.2, -0.15) is 5.10 Å². The van der Waals surface area contributed by atoms with Crippen LogP contribution >= 0.6 is 27.5 Å². The molecule has 3 nitrogen and oxygen atoms in total. The van der Waals surface area contributed by atoms with Crippen LogP contribution in [0.1, 0.15) is 44.5 Å². The number of aromatic nitrogens is 2. The van der Waals surface area contributed by atoms with Crippen LogP contribution in [0, 0.1) is 0 Å². The zero-order valence-electron chi connectivity index (χ0n) is 11.8. The predicted molar refractivity (Wildman–Crippen MR) is 85.1 cm³/mol. The van der Waals surface area contributed by atoms with Crippen LogP contribution in [0.5, 0.6) is 0 Å². The van der Waals surface area contributed by atoms with Gasteiger partial charge in [-0.25, -0.2) is 0 Å². The van der Waals surface area contributed by atoms with Crippen LogP contribution in [-0.4, -0.2) is 14.9 Å². The van der Waals surface area contributed by atoms with Crippen molar-refractivity contribution in [2.45, 2.75) is 38.8 Å². The molecule has 0 aliphatic rings. The quantitative estimate of drug-likeness (QED) is 0.873. The minimum atomic E-state index is -1.15. The maximum absolute atomic E-state index is 11.2. The third kappa shape index (κ3) is 2.65. The Morgan fingerprint density at radius 2 is 2.15 bits per heavy atom. The zero-order valence-corrected chi connectivity index (χ0v) is 14.1. The van der Waals surface area contributed by atoms with Crippen LogP contribution in [0.2, 0.25) is 5.02 Å². The summed E-state index contributed by atoms with van der Waals surface area (Å²) in [5.74, 6) is 0. The molecule has 1 aromatic carbocycles. The van der Waals surface area contributed by atoms with Gasteiger partial charge in [0.15, 0.2) is 0 Å². The fourth-order valence-corrected chi connectivity index (χ4v) is 3.06. The smallest absolute Gasteiger partial charge is 0.132 e. The van der Waals surface area contributed by atoms with Crippen molar-refractivity contribution in [3.8, 4) is 0 Å². The number of aliphatic hydroxyl groups is 1. The average molecular weight is 358 g/mol. The van der Waals surface area contributed by atoms with Crippen LogP contribution in [0.25, 0.3) is 0 Å². The van der Waals surface area contributed by atoms with Crippen LogP contribution < -0.4 is 0 Å². The van der Waals surface area contributed by atoms with Gasteiger partial charge in [-0.1, -0.05) is 46.6 Å². The Hall–Kier alpha value is -0.840. The molecule has 0 aliphatic carbocycles. The lowest BCUT2D eigenvalue weighted by Crippen LogP contribution is -2.31. The maximum atomic E-state index is 11.2. The van der Waals surface area contributed by atoms with E-state index in [-0.39, 0.29) is 6.04 Å². The van der Waals surface area contributed by atoms with Gasteiger partial charge >= 0.3 is 0 Å². The number of halogens is 2. The van der Waals surface area contributed by atoms with Gasteiger partial charge in [0.2, 0.25) is 0 Å². The molecule has 20 heavy (non-hydrogen) atoms. The fraction of sp³-hybridized carbons (Fsp3) is 0.400. The maximum Gasteiger partial charge on any atom is 0.132 e. The van der Waals surface area contributed by atoms with E-state index in [1.807, 2.05) is 45.0 Å². The Balaban J connectivity index is 2.65. The number of rotatable bonds is 4. The first-order valence-corrected chi connectivity index (χ1v) is 7.79.